The van der Waals surface area contributed by atoms with Crippen LogP contribution in [0.1, 0.15) is 16.7 Å². The number of halogens is 1. The lowest BCUT2D eigenvalue weighted by Crippen LogP contribution is -2.38. The molecule has 0 bridgehead atoms. The van der Waals surface area contributed by atoms with Gasteiger partial charge in [0.1, 0.15) is 12.7 Å². The molecule has 3 aromatic rings. The van der Waals surface area contributed by atoms with Crippen LogP contribution in [0.25, 0.3) is 0 Å². The summed E-state index contributed by atoms with van der Waals surface area (Å²) in [4.78, 5) is 10.4. The van der Waals surface area contributed by atoms with Crippen LogP contribution in [-0.2, 0) is 19.6 Å². The second kappa shape index (κ2) is 9.19. The molecule has 27 heavy (non-hydrogen) atoms. The maximum absolute atomic E-state index is 6.07. The smallest absolute Gasteiger partial charge is 0.193 e. The lowest BCUT2D eigenvalue weighted by molar-refractivity contribution is 0.476. The molecule has 0 aliphatic heterocycles. The molecule has 1 aromatic heterocycles. The quantitative estimate of drug-likeness (QED) is 0.525. The Morgan fingerprint density at radius 2 is 1.93 bits per heavy atom. The Morgan fingerprint density at radius 3 is 2.67 bits per heavy atom. The summed E-state index contributed by atoms with van der Waals surface area (Å²) in [6.45, 7) is 2.13. The highest BCUT2D eigenvalue weighted by Gasteiger charge is 2.07. The molecule has 0 saturated carbocycles. The second-order valence-electron chi connectivity index (χ2n) is 6.30. The third kappa shape index (κ3) is 5.56. The molecule has 7 heteroatoms. The van der Waals surface area contributed by atoms with E-state index >= 15 is 0 Å². The predicted octanol–water partition coefficient (Wildman–Crippen LogP) is 3.19. The molecule has 0 aliphatic carbocycles. The van der Waals surface area contributed by atoms with Gasteiger partial charge in [0.25, 0.3) is 0 Å². The number of guanidine groups is 1. The van der Waals surface area contributed by atoms with Crippen molar-refractivity contribution in [2.24, 2.45) is 4.99 Å². The van der Waals surface area contributed by atoms with Crippen molar-refractivity contribution in [2.45, 2.75) is 19.6 Å². The van der Waals surface area contributed by atoms with Crippen molar-refractivity contribution in [3.05, 3.63) is 82.9 Å². The van der Waals surface area contributed by atoms with Gasteiger partial charge in [-0.15, -0.1) is 0 Å². The zero-order chi connectivity index (χ0) is 19.1. The van der Waals surface area contributed by atoms with Gasteiger partial charge >= 0.3 is 0 Å². The van der Waals surface area contributed by atoms with Crippen molar-refractivity contribution in [1.82, 2.24) is 25.0 Å². The average Bonchev–Trinajstić information content (AvgIpc) is 3.15. The van der Waals surface area contributed by atoms with Gasteiger partial charge in [-0.3, -0.25) is 4.99 Å². The summed E-state index contributed by atoms with van der Waals surface area (Å²) < 4.78 is 1.81. The minimum Gasteiger partial charge on any atom is -0.352 e. The maximum atomic E-state index is 6.07. The van der Waals surface area contributed by atoms with E-state index in [4.69, 9.17) is 11.6 Å². The Bertz CT molecular complexity index is 891. The first-order valence-electron chi connectivity index (χ1n) is 8.70. The van der Waals surface area contributed by atoms with Crippen molar-refractivity contribution >= 4 is 17.6 Å². The molecule has 0 atom stereocenters. The van der Waals surface area contributed by atoms with Crippen LogP contribution in [-0.4, -0.2) is 39.7 Å². The minimum absolute atomic E-state index is 0.692. The van der Waals surface area contributed by atoms with Crippen LogP contribution in [0.4, 0.5) is 0 Å². The van der Waals surface area contributed by atoms with E-state index in [-0.39, 0.29) is 0 Å². The van der Waals surface area contributed by atoms with E-state index < -0.39 is 0 Å². The SMILES string of the molecule is CN=C(NCc1cccc(Cn2cncn2)c1)N(C)Cc1cccc(Cl)c1. The highest BCUT2D eigenvalue weighted by molar-refractivity contribution is 6.30. The summed E-state index contributed by atoms with van der Waals surface area (Å²) in [5.74, 6) is 0.830. The molecule has 2 aromatic carbocycles. The van der Waals surface area contributed by atoms with Crippen LogP contribution >= 0.6 is 11.6 Å². The first-order valence-corrected chi connectivity index (χ1v) is 9.08. The summed E-state index contributed by atoms with van der Waals surface area (Å²) in [7, 11) is 3.80. The van der Waals surface area contributed by atoms with Crippen molar-refractivity contribution < 1.29 is 0 Å². The molecule has 0 unspecified atom stereocenters. The number of aromatic nitrogens is 3. The van der Waals surface area contributed by atoms with Gasteiger partial charge in [0.15, 0.2) is 5.96 Å². The van der Waals surface area contributed by atoms with Crippen molar-refractivity contribution in [2.75, 3.05) is 14.1 Å². The lowest BCUT2D eigenvalue weighted by atomic mass is 10.1. The van der Waals surface area contributed by atoms with Crippen molar-refractivity contribution in [1.29, 1.82) is 0 Å². The van der Waals surface area contributed by atoms with Gasteiger partial charge in [-0.2, -0.15) is 5.10 Å². The summed E-state index contributed by atoms with van der Waals surface area (Å²) in [5, 5.41) is 8.31. The Balaban J connectivity index is 1.59. The molecule has 1 heterocycles. The summed E-state index contributed by atoms with van der Waals surface area (Å²) in [6, 6.07) is 16.3. The predicted molar refractivity (Wildman–Crippen MR) is 109 cm³/mol. The van der Waals surface area contributed by atoms with Gasteiger partial charge in [0, 0.05) is 32.2 Å². The molecule has 3 rings (SSSR count). The van der Waals surface area contributed by atoms with E-state index in [2.05, 4.69) is 55.6 Å². The molecule has 1 N–H and O–H groups in total. The lowest BCUT2D eigenvalue weighted by Gasteiger charge is -2.22. The fourth-order valence-corrected chi connectivity index (χ4v) is 3.10. The average molecular weight is 383 g/mol. The molecule has 0 spiro atoms. The van der Waals surface area contributed by atoms with Crippen LogP contribution in [0, 0.1) is 0 Å². The molecule has 6 nitrogen and oxygen atoms in total. The summed E-state index contributed by atoms with van der Waals surface area (Å²) in [6.07, 6.45) is 3.27. The Hall–Kier alpha value is -2.86. The third-order valence-corrected chi connectivity index (χ3v) is 4.37. The van der Waals surface area contributed by atoms with Crippen molar-refractivity contribution in [3.8, 4) is 0 Å². The fraction of sp³-hybridized carbons (Fsp3) is 0.250. The van der Waals surface area contributed by atoms with E-state index in [1.807, 2.05) is 29.9 Å². The van der Waals surface area contributed by atoms with E-state index in [1.165, 1.54) is 11.1 Å². The van der Waals surface area contributed by atoms with Gasteiger partial charge < -0.3 is 10.2 Å². The topological polar surface area (TPSA) is 58.3 Å². The van der Waals surface area contributed by atoms with Crippen LogP contribution in [0.5, 0.6) is 0 Å². The van der Waals surface area contributed by atoms with E-state index in [0.29, 0.717) is 13.1 Å². The number of hydrogen-bond donors (Lipinski definition) is 1. The van der Waals surface area contributed by atoms with Gasteiger partial charge in [-0.05, 0) is 28.8 Å². The van der Waals surface area contributed by atoms with Crippen LogP contribution in [0.15, 0.2) is 66.2 Å². The van der Waals surface area contributed by atoms with Gasteiger partial charge in [-0.1, -0.05) is 48.0 Å². The highest BCUT2D eigenvalue weighted by Crippen LogP contribution is 2.12. The van der Waals surface area contributed by atoms with Crippen LogP contribution in [0.3, 0.4) is 0 Å². The largest absolute Gasteiger partial charge is 0.352 e. The summed E-state index contributed by atoms with van der Waals surface area (Å²) >= 11 is 6.07. The zero-order valence-electron chi connectivity index (χ0n) is 15.5. The minimum atomic E-state index is 0.692. The van der Waals surface area contributed by atoms with Crippen LogP contribution in [0.2, 0.25) is 5.02 Å². The molecule has 0 saturated heterocycles. The molecule has 0 amide bonds. The van der Waals surface area contributed by atoms with E-state index in [0.717, 1.165) is 23.1 Å². The third-order valence-electron chi connectivity index (χ3n) is 4.14. The molecular formula is C20H23ClN6. The summed E-state index contributed by atoms with van der Waals surface area (Å²) in [5.41, 5.74) is 3.51. The molecular weight excluding hydrogens is 360 g/mol. The fourth-order valence-electron chi connectivity index (χ4n) is 2.89. The standard InChI is InChI=1S/C20H23ClN6/c1-22-20(26(2)12-18-7-4-8-19(21)10-18)24-11-16-5-3-6-17(9-16)13-27-15-23-14-25-27/h3-10,14-15H,11-13H2,1-2H3,(H,22,24). The number of hydrogen-bond acceptors (Lipinski definition) is 3. The van der Waals surface area contributed by atoms with Gasteiger partial charge in [0.05, 0.1) is 6.54 Å². The number of benzene rings is 2. The van der Waals surface area contributed by atoms with Crippen molar-refractivity contribution in [3.63, 3.8) is 0 Å². The highest BCUT2D eigenvalue weighted by atomic mass is 35.5. The molecule has 140 valence electrons. The monoisotopic (exact) mass is 382 g/mol. The van der Waals surface area contributed by atoms with E-state index in [9.17, 15) is 0 Å². The first kappa shape index (κ1) is 18.9. The molecule has 0 fully saturated rings. The Kier molecular flexibility index (Phi) is 6.44. The number of rotatable bonds is 6. The van der Waals surface area contributed by atoms with E-state index in [1.54, 1.807) is 19.7 Å². The van der Waals surface area contributed by atoms with Crippen LogP contribution < -0.4 is 5.32 Å². The maximum Gasteiger partial charge on any atom is 0.193 e. The number of aliphatic imine (C=N–C) groups is 1. The number of nitrogens with zero attached hydrogens (tertiary/aromatic N) is 5. The first-order chi connectivity index (χ1) is 13.1. The second-order valence-corrected chi connectivity index (χ2v) is 6.74. The Labute approximate surface area is 164 Å². The normalized spacial score (nSPS) is 11.4. The van der Waals surface area contributed by atoms with Gasteiger partial charge in [0.2, 0.25) is 0 Å². The molecule has 0 aliphatic rings. The zero-order valence-corrected chi connectivity index (χ0v) is 16.3. The molecule has 0 radical (unpaired) electrons. The van der Waals surface area contributed by atoms with Gasteiger partial charge in [-0.25, -0.2) is 9.67 Å². The Morgan fingerprint density at radius 1 is 1.15 bits per heavy atom. The number of nitrogens with one attached hydrogen (secondary N) is 1.